The molecule has 1 atom stereocenters. The quantitative estimate of drug-likeness (QED) is 0.824. The molecule has 0 bridgehead atoms. The number of fused-ring (bicyclic) bond motifs is 1. The average Bonchev–Trinajstić information content (AvgIpc) is 2.59. The Morgan fingerprint density at radius 3 is 3.27 bits per heavy atom. The first-order valence-electron chi connectivity index (χ1n) is 5.45. The molecule has 2 heterocycles. The largest absolute Gasteiger partial charge is 0.481 e. The van der Waals surface area contributed by atoms with E-state index in [4.69, 9.17) is 5.11 Å². The van der Waals surface area contributed by atoms with Gasteiger partial charge in [0, 0.05) is 24.4 Å². The lowest BCUT2D eigenvalue weighted by atomic mass is 10.0. The van der Waals surface area contributed by atoms with Crippen LogP contribution < -0.4 is 0 Å². The van der Waals surface area contributed by atoms with E-state index in [1.807, 2.05) is 6.20 Å². The van der Waals surface area contributed by atoms with Crippen molar-refractivity contribution in [3.63, 3.8) is 0 Å². The molecule has 0 aliphatic carbocycles. The number of aromatic nitrogens is 2. The average molecular weight is 208 g/mol. The van der Waals surface area contributed by atoms with Gasteiger partial charge >= 0.3 is 5.97 Å². The van der Waals surface area contributed by atoms with E-state index in [-0.39, 0.29) is 6.42 Å². The molecule has 82 valence electrons. The third-order valence-corrected chi connectivity index (χ3v) is 3.01. The minimum absolute atomic E-state index is 0.170. The molecule has 1 aromatic rings. The zero-order valence-electron chi connectivity index (χ0n) is 8.94. The molecule has 0 amide bonds. The number of carboxylic acid groups (broad SMARTS) is 1. The second-order valence-electron chi connectivity index (χ2n) is 4.17. The summed E-state index contributed by atoms with van der Waals surface area (Å²) >= 11 is 0. The van der Waals surface area contributed by atoms with Gasteiger partial charge in [-0.15, -0.1) is 0 Å². The minimum atomic E-state index is -0.754. The molecule has 0 radical (unpaired) electrons. The summed E-state index contributed by atoms with van der Waals surface area (Å²) in [5.41, 5.74) is 1.26. The molecule has 4 nitrogen and oxygen atoms in total. The van der Waals surface area contributed by atoms with Crippen molar-refractivity contribution in [3.05, 3.63) is 17.7 Å². The van der Waals surface area contributed by atoms with Crippen LogP contribution in [0.2, 0.25) is 0 Å². The summed E-state index contributed by atoms with van der Waals surface area (Å²) in [5, 5.41) is 8.65. The topological polar surface area (TPSA) is 55.1 Å². The molecule has 0 aromatic carbocycles. The van der Waals surface area contributed by atoms with E-state index in [0.29, 0.717) is 12.5 Å². The lowest BCUT2D eigenvalue weighted by molar-refractivity contribution is -0.137. The normalized spacial score (nSPS) is 19.9. The monoisotopic (exact) mass is 208 g/mol. The highest BCUT2D eigenvalue weighted by Gasteiger charge is 2.19. The first kappa shape index (κ1) is 10.2. The Morgan fingerprint density at radius 2 is 2.53 bits per heavy atom. The van der Waals surface area contributed by atoms with E-state index in [2.05, 4.69) is 16.5 Å². The highest BCUT2D eigenvalue weighted by molar-refractivity contribution is 5.66. The van der Waals surface area contributed by atoms with Crippen molar-refractivity contribution in [3.8, 4) is 0 Å². The van der Waals surface area contributed by atoms with Crippen molar-refractivity contribution < 1.29 is 9.90 Å². The van der Waals surface area contributed by atoms with Crippen LogP contribution in [0, 0.1) is 0 Å². The van der Waals surface area contributed by atoms with Gasteiger partial charge in [-0.2, -0.15) is 0 Å². The summed E-state index contributed by atoms with van der Waals surface area (Å²) in [6, 6.07) is 0.472. The zero-order chi connectivity index (χ0) is 10.8. The number of hydrogen-bond acceptors (Lipinski definition) is 2. The number of carboxylic acids is 1. The summed E-state index contributed by atoms with van der Waals surface area (Å²) in [6.45, 7) is 2.18. The Morgan fingerprint density at radius 1 is 1.73 bits per heavy atom. The first-order valence-corrected chi connectivity index (χ1v) is 5.45. The summed E-state index contributed by atoms with van der Waals surface area (Å²) in [5.74, 6) is 0.176. The van der Waals surface area contributed by atoms with Gasteiger partial charge in [-0.05, 0) is 26.2 Å². The van der Waals surface area contributed by atoms with Crippen LogP contribution in [-0.2, 0) is 17.6 Å². The van der Waals surface area contributed by atoms with Crippen molar-refractivity contribution in [1.82, 2.24) is 9.55 Å². The van der Waals surface area contributed by atoms with Gasteiger partial charge in [-0.3, -0.25) is 4.79 Å². The molecule has 1 N–H and O–H groups in total. The van der Waals surface area contributed by atoms with Crippen LogP contribution in [0.5, 0.6) is 0 Å². The van der Waals surface area contributed by atoms with Crippen molar-refractivity contribution in [1.29, 1.82) is 0 Å². The van der Waals surface area contributed by atoms with Crippen molar-refractivity contribution in [2.45, 2.75) is 45.1 Å². The lowest BCUT2D eigenvalue weighted by Crippen LogP contribution is -2.17. The highest BCUT2D eigenvalue weighted by Crippen LogP contribution is 2.26. The number of carbonyl (C=O) groups is 1. The van der Waals surface area contributed by atoms with Crippen LogP contribution >= 0.6 is 0 Å². The van der Waals surface area contributed by atoms with Crippen molar-refractivity contribution >= 4 is 5.97 Å². The third kappa shape index (κ3) is 2.03. The molecule has 2 rings (SSSR count). The van der Waals surface area contributed by atoms with E-state index < -0.39 is 5.97 Å². The fourth-order valence-corrected chi connectivity index (χ4v) is 2.27. The Balaban J connectivity index is 2.18. The highest BCUT2D eigenvalue weighted by atomic mass is 16.4. The maximum atomic E-state index is 10.5. The van der Waals surface area contributed by atoms with Gasteiger partial charge in [-0.1, -0.05) is 0 Å². The summed E-state index contributed by atoms with van der Waals surface area (Å²) in [7, 11) is 0. The molecule has 0 saturated carbocycles. The number of imidazole rings is 1. The van der Waals surface area contributed by atoms with Crippen LogP contribution in [0.4, 0.5) is 0 Å². The van der Waals surface area contributed by atoms with Gasteiger partial charge in [-0.25, -0.2) is 4.98 Å². The molecule has 1 aromatic heterocycles. The zero-order valence-corrected chi connectivity index (χ0v) is 8.94. The minimum Gasteiger partial charge on any atom is -0.481 e. The molecular formula is C11H16N2O2. The molecule has 15 heavy (non-hydrogen) atoms. The predicted octanol–water partition coefficient (Wildman–Crippen LogP) is 1.80. The number of nitrogens with zero attached hydrogens (tertiary/aromatic N) is 2. The van der Waals surface area contributed by atoms with E-state index in [1.54, 1.807) is 0 Å². The number of rotatable bonds is 3. The molecule has 1 unspecified atom stereocenters. The van der Waals surface area contributed by atoms with Crippen LogP contribution in [-0.4, -0.2) is 20.6 Å². The van der Waals surface area contributed by atoms with Gasteiger partial charge in [0.25, 0.3) is 0 Å². The standard InChI is InChI=1S/C11H16N2O2/c1-8-3-2-4-9-7-12-10(13(8)9)5-6-11(14)15/h7-8H,2-6H2,1H3,(H,14,15). The Kier molecular flexibility index (Phi) is 2.75. The molecule has 0 saturated heterocycles. The molecule has 4 heteroatoms. The second-order valence-corrected chi connectivity index (χ2v) is 4.17. The first-order chi connectivity index (χ1) is 7.18. The SMILES string of the molecule is CC1CCCc2cnc(CCC(=O)O)n21. The van der Waals surface area contributed by atoms with Crippen LogP contribution in [0.15, 0.2) is 6.20 Å². The van der Waals surface area contributed by atoms with E-state index in [0.717, 1.165) is 12.2 Å². The van der Waals surface area contributed by atoms with Crippen LogP contribution in [0.3, 0.4) is 0 Å². The number of aliphatic carboxylic acids is 1. The van der Waals surface area contributed by atoms with E-state index >= 15 is 0 Å². The van der Waals surface area contributed by atoms with Gasteiger partial charge in [0.05, 0.1) is 6.42 Å². The van der Waals surface area contributed by atoms with E-state index in [1.165, 1.54) is 18.5 Å². The summed E-state index contributed by atoms with van der Waals surface area (Å²) in [4.78, 5) is 14.8. The van der Waals surface area contributed by atoms with Gasteiger partial charge in [0.1, 0.15) is 5.82 Å². The lowest BCUT2D eigenvalue weighted by Gasteiger charge is -2.23. The smallest absolute Gasteiger partial charge is 0.303 e. The van der Waals surface area contributed by atoms with Crippen molar-refractivity contribution in [2.24, 2.45) is 0 Å². The fraction of sp³-hybridized carbons (Fsp3) is 0.636. The predicted molar refractivity (Wildman–Crippen MR) is 55.8 cm³/mol. The van der Waals surface area contributed by atoms with Crippen molar-refractivity contribution in [2.75, 3.05) is 0 Å². The summed E-state index contributed by atoms with van der Waals surface area (Å²) in [6.07, 6.45) is 6.06. The molecule has 0 fully saturated rings. The number of aryl methyl sites for hydroxylation is 2. The van der Waals surface area contributed by atoms with Gasteiger partial charge < -0.3 is 9.67 Å². The van der Waals surface area contributed by atoms with E-state index in [9.17, 15) is 4.79 Å². The number of hydrogen-bond donors (Lipinski definition) is 1. The van der Waals surface area contributed by atoms with Crippen LogP contribution in [0.25, 0.3) is 0 Å². The van der Waals surface area contributed by atoms with Crippen LogP contribution in [0.1, 0.15) is 43.7 Å². The molecule has 1 aliphatic rings. The molecule has 1 aliphatic heterocycles. The Hall–Kier alpha value is -1.32. The van der Waals surface area contributed by atoms with Gasteiger partial charge in [0.15, 0.2) is 0 Å². The Labute approximate surface area is 88.9 Å². The molecular weight excluding hydrogens is 192 g/mol. The molecule has 0 spiro atoms. The third-order valence-electron chi connectivity index (χ3n) is 3.01. The summed E-state index contributed by atoms with van der Waals surface area (Å²) < 4.78 is 2.21. The second kappa shape index (κ2) is 4.04. The maximum Gasteiger partial charge on any atom is 0.303 e. The Bertz CT molecular complexity index is 371. The maximum absolute atomic E-state index is 10.5. The fourth-order valence-electron chi connectivity index (χ4n) is 2.27. The van der Waals surface area contributed by atoms with Gasteiger partial charge in [0.2, 0.25) is 0 Å².